The summed E-state index contributed by atoms with van der Waals surface area (Å²) < 4.78 is 0. The highest BCUT2D eigenvalue weighted by Crippen LogP contribution is 2.15. The Morgan fingerprint density at radius 3 is 2.37 bits per heavy atom. The molecule has 0 N–H and O–H groups in total. The molecule has 1 aliphatic rings. The van der Waals surface area contributed by atoms with Gasteiger partial charge in [0.05, 0.1) is 0 Å². The van der Waals surface area contributed by atoms with E-state index in [0.717, 1.165) is 44.8 Å². The van der Waals surface area contributed by atoms with Gasteiger partial charge in [-0.15, -0.1) is 0 Å². The minimum absolute atomic E-state index is 0.0210. The molecular formula is C20H28N6O. The molecule has 1 fully saturated rings. The van der Waals surface area contributed by atoms with Crippen LogP contribution in [-0.2, 0) is 0 Å². The van der Waals surface area contributed by atoms with Crippen LogP contribution < -0.4 is 9.80 Å². The number of anilines is 2. The fraction of sp³-hybridized carbons (Fsp3) is 0.500. The first-order chi connectivity index (χ1) is 13.2. The van der Waals surface area contributed by atoms with Crippen LogP contribution in [-0.4, -0.2) is 65.0 Å². The maximum atomic E-state index is 12.9. The van der Waals surface area contributed by atoms with E-state index in [1.54, 1.807) is 18.5 Å². The Morgan fingerprint density at radius 2 is 1.74 bits per heavy atom. The summed E-state index contributed by atoms with van der Waals surface area (Å²) in [7, 11) is 0. The van der Waals surface area contributed by atoms with Crippen molar-refractivity contribution in [3.8, 4) is 0 Å². The highest BCUT2D eigenvalue weighted by atomic mass is 16.2. The third-order valence-corrected chi connectivity index (χ3v) is 4.67. The second-order valence-corrected chi connectivity index (χ2v) is 6.70. The minimum atomic E-state index is -0.0210. The second-order valence-electron chi connectivity index (χ2n) is 6.70. The Hall–Kier alpha value is -2.70. The summed E-state index contributed by atoms with van der Waals surface area (Å²) >= 11 is 0. The average Bonchev–Trinajstić information content (AvgIpc) is 2.74. The van der Waals surface area contributed by atoms with Crippen molar-refractivity contribution in [2.24, 2.45) is 0 Å². The van der Waals surface area contributed by atoms with Gasteiger partial charge in [0.15, 0.2) is 0 Å². The molecule has 0 spiro atoms. The number of pyridine rings is 1. The molecule has 0 saturated carbocycles. The SMILES string of the molecule is CCCN(CCC)c1nccc(C(=O)N2CCN(c3ccccn3)CC2)n1. The van der Waals surface area contributed by atoms with Crippen LogP contribution in [0.2, 0.25) is 0 Å². The maximum Gasteiger partial charge on any atom is 0.272 e. The number of piperazine rings is 1. The van der Waals surface area contributed by atoms with E-state index >= 15 is 0 Å². The lowest BCUT2D eigenvalue weighted by atomic mass is 10.2. The van der Waals surface area contributed by atoms with E-state index in [2.05, 4.69) is 38.6 Å². The highest BCUT2D eigenvalue weighted by Gasteiger charge is 2.24. The van der Waals surface area contributed by atoms with E-state index in [-0.39, 0.29) is 5.91 Å². The normalized spacial score (nSPS) is 14.3. The van der Waals surface area contributed by atoms with Crippen LogP contribution in [0.5, 0.6) is 0 Å². The predicted octanol–water partition coefficient (Wildman–Crippen LogP) is 2.46. The Balaban J connectivity index is 1.65. The minimum Gasteiger partial charge on any atom is -0.353 e. The number of carbonyl (C=O) groups is 1. The van der Waals surface area contributed by atoms with Gasteiger partial charge in [-0.05, 0) is 31.0 Å². The first-order valence-corrected chi connectivity index (χ1v) is 9.76. The molecule has 2 aromatic rings. The van der Waals surface area contributed by atoms with E-state index in [1.165, 1.54) is 0 Å². The Bertz CT molecular complexity index is 724. The van der Waals surface area contributed by atoms with E-state index < -0.39 is 0 Å². The zero-order valence-corrected chi connectivity index (χ0v) is 16.2. The van der Waals surface area contributed by atoms with Crippen LogP contribution >= 0.6 is 0 Å². The van der Waals surface area contributed by atoms with Crippen LogP contribution in [0.4, 0.5) is 11.8 Å². The lowest BCUT2D eigenvalue weighted by Gasteiger charge is -2.35. The first-order valence-electron chi connectivity index (χ1n) is 9.76. The van der Waals surface area contributed by atoms with Gasteiger partial charge in [0.2, 0.25) is 5.95 Å². The van der Waals surface area contributed by atoms with Crippen LogP contribution in [0.25, 0.3) is 0 Å². The van der Waals surface area contributed by atoms with Gasteiger partial charge in [0.25, 0.3) is 5.91 Å². The molecule has 0 atom stereocenters. The summed E-state index contributed by atoms with van der Waals surface area (Å²) in [4.78, 5) is 32.5. The number of carbonyl (C=O) groups excluding carboxylic acids is 1. The molecule has 1 aliphatic heterocycles. The van der Waals surface area contributed by atoms with Gasteiger partial charge in [-0.3, -0.25) is 4.79 Å². The molecule has 7 heteroatoms. The van der Waals surface area contributed by atoms with E-state index in [9.17, 15) is 4.79 Å². The van der Waals surface area contributed by atoms with Crippen LogP contribution in [0, 0.1) is 0 Å². The van der Waals surface area contributed by atoms with Crippen molar-refractivity contribution in [2.45, 2.75) is 26.7 Å². The number of hydrogen-bond acceptors (Lipinski definition) is 6. The summed E-state index contributed by atoms with van der Waals surface area (Å²) in [5, 5.41) is 0. The molecule has 1 amide bonds. The molecule has 3 rings (SSSR count). The third-order valence-electron chi connectivity index (χ3n) is 4.67. The molecule has 144 valence electrons. The Morgan fingerprint density at radius 1 is 1.00 bits per heavy atom. The number of amides is 1. The van der Waals surface area contributed by atoms with Crippen molar-refractivity contribution < 1.29 is 4.79 Å². The quantitative estimate of drug-likeness (QED) is 0.748. The average molecular weight is 368 g/mol. The standard InChI is InChI=1S/C20H28N6O/c1-3-11-26(12-4-2)20-22-10-8-17(23-20)19(27)25-15-13-24(14-16-25)18-7-5-6-9-21-18/h5-10H,3-4,11-16H2,1-2H3. The smallest absolute Gasteiger partial charge is 0.272 e. The van der Waals surface area contributed by atoms with Crippen molar-refractivity contribution in [1.82, 2.24) is 19.9 Å². The highest BCUT2D eigenvalue weighted by molar-refractivity contribution is 5.92. The monoisotopic (exact) mass is 368 g/mol. The Labute approximate surface area is 161 Å². The molecule has 0 radical (unpaired) electrons. The number of aromatic nitrogens is 3. The van der Waals surface area contributed by atoms with Crippen molar-refractivity contribution in [2.75, 3.05) is 49.1 Å². The molecule has 1 saturated heterocycles. The molecule has 0 aromatic carbocycles. The van der Waals surface area contributed by atoms with Gasteiger partial charge in [0, 0.05) is 51.7 Å². The topological polar surface area (TPSA) is 65.5 Å². The molecule has 7 nitrogen and oxygen atoms in total. The summed E-state index contributed by atoms with van der Waals surface area (Å²) in [6.07, 6.45) is 5.54. The lowest BCUT2D eigenvalue weighted by Crippen LogP contribution is -2.49. The van der Waals surface area contributed by atoms with Crippen LogP contribution in [0.1, 0.15) is 37.2 Å². The summed E-state index contributed by atoms with van der Waals surface area (Å²) in [6, 6.07) is 7.62. The predicted molar refractivity (Wildman–Crippen MR) is 107 cm³/mol. The van der Waals surface area contributed by atoms with E-state index in [0.29, 0.717) is 24.7 Å². The van der Waals surface area contributed by atoms with Gasteiger partial charge in [-0.2, -0.15) is 0 Å². The van der Waals surface area contributed by atoms with Gasteiger partial charge >= 0.3 is 0 Å². The summed E-state index contributed by atoms with van der Waals surface area (Å²) in [6.45, 7) is 8.96. The molecule has 0 bridgehead atoms. The fourth-order valence-corrected chi connectivity index (χ4v) is 3.31. The van der Waals surface area contributed by atoms with Crippen LogP contribution in [0.15, 0.2) is 36.7 Å². The van der Waals surface area contributed by atoms with E-state index in [1.807, 2.05) is 23.1 Å². The van der Waals surface area contributed by atoms with E-state index in [4.69, 9.17) is 0 Å². The zero-order valence-electron chi connectivity index (χ0n) is 16.2. The zero-order chi connectivity index (χ0) is 19.1. The molecule has 27 heavy (non-hydrogen) atoms. The maximum absolute atomic E-state index is 12.9. The van der Waals surface area contributed by atoms with Crippen molar-refractivity contribution >= 4 is 17.7 Å². The second kappa shape index (κ2) is 9.30. The van der Waals surface area contributed by atoms with Gasteiger partial charge in [-0.25, -0.2) is 15.0 Å². The summed E-state index contributed by atoms with van der Waals surface area (Å²) in [5.41, 5.74) is 0.475. The van der Waals surface area contributed by atoms with Crippen LogP contribution in [0.3, 0.4) is 0 Å². The number of hydrogen-bond donors (Lipinski definition) is 0. The first kappa shape index (κ1) is 19.1. The molecule has 3 heterocycles. The fourth-order valence-electron chi connectivity index (χ4n) is 3.31. The van der Waals surface area contributed by atoms with Crippen molar-refractivity contribution in [1.29, 1.82) is 0 Å². The van der Waals surface area contributed by atoms with Crippen molar-refractivity contribution in [3.05, 3.63) is 42.4 Å². The number of nitrogens with zero attached hydrogens (tertiary/aromatic N) is 6. The molecular weight excluding hydrogens is 340 g/mol. The summed E-state index contributed by atoms with van der Waals surface area (Å²) in [5.74, 6) is 1.59. The van der Waals surface area contributed by atoms with Crippen molar-refractivity contribution in [3.63, 3.8) is 0 Å². The third kappa shape index (κ3) is 4.72. The molecule has 0 aliphatic carbocycles. The molecule has 0 unspecified atom stereocenters. The Kier molecular flexibility index (Phi) is 6.57. The largest absolute Gasteiger partial charge is 0.353 e. The van der Waals surface area contributed by atoms with Gasteiger partial charge in [0.1, 0.15) is 11.5 Å². The van der Waals surface area contributed by atoms with Gasteiger partial charge in [-0.1, -0.05) is 19.9 Å². The number of rotatable bonds is 7. The van der Waals surface area contributed by atoms with Gasteiger partial charge < -0.3 is 14.7 Å². The molecule has 2 aromatic heterocycles. The lowest BCUT2D eigenvalue weighted by molar-refractivity contribution is 0.0740.